The van der Waals surface area contributed by atoms with Crippen LogP contribution in [0.5, 0.6) is 0 Å². The van der Waals surface area contributed by atoms with Crippen LogP contribution in [0.1, 0.15) is 25.3 Å². The fourth-order valence-electron chi connectivity index (χ4n) is 2.07. The molecule has 4 nitrogen and oxygen atoms in total. The minimum atomic E-state index is 0.578. The van der Waals surface area contributed by atoms with Gasteiger partial charge in [0.15, 0.2) is 0 Å². The summed E-state index contributed by atoms with van der Waals surface area (Å²) in [6.45, 7) is 4.32. The number of rotatable bonds is 3. The average Bonchev–Trinajstić information content (AvgIpc) is 2.39. The zero-order valence-corrected chi connectivity index (χ0v) is 10.1. The molecule has 88 valence electrons. The van der Waals surface area contributed by atoms with Crippen LogP contribution in [0.3, 0.4) is 0 Å². The smallest absolute Gasteiger partial charge is 0.225 e. The molecule has 2 rings (SSSR count). The molecular weight excluding hydrogens is 200 g/mol. The van der Waals surface area contributed by atoms with Gasteiger partial charge in [0.1, 0.15) is 0 Å². The minimum absolute atomic E-state index is 0.578. The lowest BCUT2D eigenvalue weighted by Crippen LogP contribution is -2.41. The van der Waals surface area contributed by atoms with E-state index in [1.54, 1.807) is 0 Å². The normalized spacial score (nSPS) is 17.4. The molecule has 1 aromatic heterocycles. The van der Waals surface area contributed by atoms with Gasteiger partial charge in [-0.1, -0.05) is 6.92 Å². The van der Waals surface area contributed by atoms with Gasteiger partial charge in [-0.15, -0.1) is 0 Å². The van der Waals surface area contributed by atoms with E-state index in [9.17, 15) is 0 Å². The highest BCUT2D eigenvalue weighted by molar-refractivity contribution is 5.30. The Labute approximate surface area is 97.1 Å². The zero-order chi connectivity index (χ0) is 11.4. The van der Waals surface area contributed by atoms with Crippen LogP contribution in [0.15, 0.2) is 12.4 Å². The first-order valence-corrected chi connectivity index (χ1v) is 6.05. The summed E-state index contributed by atoms with van der Waals surface area (Å²) in [5, 5.41) is 3.37. The number of anilines is 1. The van der Waals surface area contributed by atoms with Gasteiger partial charge in [0, 0.05) is 25.5 Å². The van der Waals surface area contributed by atoms with E-state index in [0.717, 1.165) is 25.5 Å². The van der Waals surface area contributed by atoms with E-state index in [1.165, 1.54) is 18.4 Å². The minimum Gasteiger partial charge on any atom is -0.341 e. The average molecular weight is 220 g/mol. The van der Waals surface area contributed by atoms with Crippen LogP contribution in [0, 0.1) is 0 Å². The molecule has 1 aliphatic rings. The number of nitrogens with one attached hydrogen (secondary N) is 1. The topological polar surface area (TPSA) is 41.1 Å². The third-order valence-corrected chi connectivity index (χ3v) is 3.27. The number of nitrogens with zero attached hydrogens (tertiary/aromatic N) is 3. The monoisotopic (exact) mass is 220 g/mol. The summed E-state index contributed by atoms with van der Waals surface area (Å²) < 4.78 is 0. The molecule has 0 bridgehead atoms. The Kier molecular flexibility index (Phi) is 3.72. The molecule has 0 atom stereocenters. The maximum absolute atomic E-state index is 4.42. The molecular formula is C12H20N4. The Morgan fingerprint density at radius 3 is 2.50 bits per heavy atom. The van der Waals surface area contributed by atoms with Crippen molar-refractivity contribution in [3.05, 3.63) is 18.0 Å². The summed E-state index contributed by atoms with van der Waals surface area (Å²) in [6.07, 6.45) is 7.21. The van der Waals surface area contributed by atoms with Crippen molar-refractivity contribution >= 4 is 5.95 Å². The Balaban J connectivity index is 2.04. The molecule has 0 radical (unpaired) electrons. The Morgan fingerprint density at radius 1 is 1.31 bits per heavy atom. The van der Waals surface area contributed by atoms with Crippen molar-refractivity contribution in [1.82, 2.24) is 15.3 Å². The number of hydrogen-bond acceptors (Lipinski definition) is 4. The van der Waals surface area contributed by atoms with E-state index in [0.29, 0.717) is 6.04 Å². The Hall–Kier alpha value is -1.16. The molecule has 4 heteroatoms. The molecule has 0 saturated carbocycles. The molecule has 1 aliphatic heterocycles. The quantitative estimate of drug-likeness (QED) is 0.832. The number of piperidine rings is 1. The largest absolute Gasteiger partial charge is 0.341 e. The molecule has 0 spiro atoms. The summed E-state index contributed by atoms with van der Waals surface area (Å²) in [4.78, 5) is 11.0. The molecule has 1 saturated heterocycles. The lowest BCUT2D eigenvalue weighted by atomic mass is 10.1. The zero-order valence-electron chi connectivity index (χ0n) is 10.1. The predicted octanol–water partition coefficient (Wildman–Crippen LogP) is 1.23. The third-order valence-electron chi connectivity index (χ3n) is 3.27. The highest BCUT2D eigenvalue weighted by Gasteiger charge is 2.19. The van der Waals surface area contributed by atoms with Gasteiger partial charge in [0.2, 0.25) is 5.95 Å². The molecule has 0 aromatic carbocycles. The van der Waals surface area contributed by atoms with Crippen LogP contribution >= 0.6 is 0 Å². The van der Waals surface area contributed by atoms with Gasteiger partial charge < -0.3 is 10.2 Å². The first kappa shape index (κ1) is 11.3. The summed E-state index contributed by atoms with van der Waals surface area (Å²) in [6, 6.07) is 0.578. The van der Waals surface area contributed by atoms with Crippen LogP contribution in [0.25, 0.3) is 0 Å². The van der Waals surface area contributed by atoms with Crippen molar-refractivity contribution < 1.29 is 0 Å². The van der Waals surface area contributed by atoms with Gasteiger partial charge in [0.25, 0.3) is 0 Å². The molecule has 0 unspecified atom stereocenters. The maximum Gasteiger partial charge on any atom is 0.225 e. The number of hydrogen-bond donors (Lipinski definition) is 1. The first-order chi connectivity index (χ1) is 7.81. The van der Waals surface area contributed by atoms with Gasteiger partial charge >= 0.3 is 0 Å². The molecule has 16 heavy (non-hydrogen) atoms. The van der Waals surface area contributed by atoms with Crippen molar-refractivity contribution in [3.63, 3.8) is 0 Å². The van der Waals surface area contributed by atoms with Gasteiger partial charge in [0.05, 0.1) is 0 Å². The van der Waals surface area contributed by atoms with Gasteiger partial charge in [-0.2, -0.15) is 0 Å². The van der Waals surface area contributed by atoms with Crippen molar-refractivity contribution in [3.8, 4) is 0 Å². The van der Waals surface area contributed by atoms with Gasteiger partial charge in [-0.3, -0.25) is 0 Å². The molecule has 0 amide bonds. The molecule has 2 heterocycles. The van der Waals surface area contributed by atoms with Crippen molar-refractivity contribution in [1.29, 1.82) is 0 Å². The Morgan fingerprint density at radius 2 is 1.94 bits per heavy atom. The predicted molar refractivity (Wildman–Crippen MR) is 65.7 cm³/mol. The fraction of sp³-hybridized carbons (Fsp3) is 0.667. The molecule has 1 N–H and O–H groups in total. The lowest BCUT2D eigenvalue weighted by molar-refractivity contribution is 0.439. The van der Waals surface area contributed by atoms with Crippen LogP contribution in [-0.4, -0.2) is 36.1 Å². The van der Waals surface area contributed by atoms with Crippen LogP contribution < -0.4 is 10.2 Å². The Bertz CT molecular complexity index is 316. The van der Waals surface area contributed by atoms with Gasteiger partial charge in [-0.25, -0.2) is 9.97 Å². The summed E-state index contributed by atoms with van der Waals surface area (Å²) in [5.74, 6) is 0.851. The van der Waals surface area contributed by atoms with Crippen molar-refractivity contribution in [2.24, 2.45) is 0 Å². The fourth-order valence-corrected chi connectivity index (χ4v) is 2.07. The summed E-state index contributed by atoms with van der Waals surface area (Å²) in [7, 11) is 2.09. The second-order valence-electron chi connectivity index (χ2n) is 4.34. The second kappa shape index (κ2) is 5.25. The highest BCUT2D eigenvalue weighted by atomic mass is 15.3. The van der Waals surface area contributed by atoms with E-state index in [-0.39, 0.29) is 0 Å². The van der Waals surface area contributed by atoms with E-state index >= 15 is 0 Å². The van der Waals surface area contributed by atoms with Crippen molar-refractivity contribution in [2.45, 2.75) is 32.2 Å². The summed E-state index contributed by atoms with van der Waals surface area (Å²) in [5.41, 5.74) is 1.20. The van der Waals surface area contributed by atoms with Crippen LogP contribution in [-0.2, 0) is 6.42 Å². The standard InChI is InChI=1S/C12H20N4/c1-3-10-8-14-12(15-9-10)16(2)11-4-6-13-7-5-11/h8-9,11,13H,3-7H2,1-2H3. The lowest BCUT2D eigenvalue weighted by Gasteiger charge is -2.31. The number of aromatic nitrogens is 2. The SMILES string of the molecule is CCc1cnc(N(C)C2CCNCC2)nc1. The first-order valence-electron chi connectivity index (χ1n) is 6.05. The highest BCUT2D eigenvalue weighted by Crippen LogP contribution is 2.15. The van der Waals surface area contributed by atoms with Crippen molar-refractivity contribution in [2.75, 3.05) is 25.0 Å². The van der Waals surface area contributed by atoms with E-state index in [2.05, 4.69) is 34.2 Å². The van der Waals surface area contributed by atoms with E-state index in [4.69, 9.17) is 0 Å². The molecule has 1 fully saturated rings. The summed E-state index contributed by atoms with van der Waals surface area (Å²) >= 11 is 0. The van der Waals surface area contributed by atoms with Gasteiger partial charge in [-0.05, 0) is 37.9 Å². The number of aryl methyl sites for hydroxylation is 1. The second-order valence-corrected chi connectivity index (χ2v) is 4.34. The molecule has 0 aliphatic carbocycles. The van der Waals surface area contributed by atoms with Crippen LogP contribution in [0.4, 0.5) is 5.95 Å². The maximum atomic E-state index is 4.42. The van der Waals surface area contributed by atoms with Crippen LogP contribution in [0.2, 0.25) is 0 Å². The third kappa shape index (κ3) is 2.50. The molecule has 1 aromatic rings. The van der Waals surface area contributed by atoms with E-state index < -0.39 is 0 Å². The van der Waals surface area contributed by atoms with E-state index in [1.807, 2.05) is 12.4 Å².